The summed E-state index contributed by atoms with van der Waals surface area (Å²) >= 11 is 0. The zero-order valence-electron chi connectivity index (χ0n) is 12.3. The van der Waals surface area contributed by atoms with Crippen molar-refractivity contribution < 1.29 is 9.59 Å². The summed E-state index contributed by atoms with van der Waals surface area (Å²) in [6.07, 6.45) is 8.98. The summed E-state index contributed by atoms with van der Waals surface area (Å²) in [5, 5.41) is 2.90. The van der Waals surface area contributed by atoms with E-state index in [0.29, 0.717) is 0 Å². The summed E-state index contributed by atoms with van der Waals surface area (Å²) in [5.41, 5.74) is 1.70. The molecule has 1 unspecified atom stereocenters. The number of carbonyl (C=O) groups is 2. The van der Waals surface area contributed by atoms with Crippen molar-refractivity contribution in [3.63, 3.8) is 0 Å². The molecule has 5 heteroatoms. The number of nitrogens with one attached hydrogen (secondary N) is 1. The van der Waals surface area contributed by atoms with Crippen LogP contribution in [0.5, 0.6) is 0 Å². The van der Waals surface area contributed by atoms with E-state index in [1.54, 1.807) is 17.3 Å². The average Bonchev–Trinajstić information content (AvgIpc) is 2.50. The largest absolute Gasteiger partial charge is 0.342 e. The van der Waals surface area contributed by atoms with Crippen molar-refractivity contribution in [1.29, 1.82) is 0 Å². The number of hydrogen-bond donors (Lipinski definition) is 1. The Kier molecular flexibility index (Phi) is 3.90. The van der Waals surface area contributed by atoms with Gasteiger partial charge in [0.15, 0.2) is 0 Å². The van der Waals surface area contributed by atoms with Crippen LogP contribution in [0.3, 0.4) is 0 Å². The number of hydrogen-bond acceptors (Lipinski definition) is 3. The molecule has 1 aliphatic heterocycles. The fourth-order valence-electron chi connectivity index (χ4n) is 3.36. The molecule has 1 saturated carbocycles. The van der Waals surface area contributed by atoms with E-state index in [1.807, 2.05) is 13.0 Å². The van der Waals surface area contributed by atoms with Crippen LogP contribution in [0.15, 0.2) is 18.5 Å². The van der Waals surface area contributed by atoms with Crippen molar-refractivity contribution in [3.05, 3.63) is 24.0 Å². The lowest BCUT2D eigenvalue weighted by Crippen LogP contribution is -2.61. The number of nitrogens with zero attached hydrogens (tertiary/aromatic N) is 2. The Morgan fingerprint density at radius 1 is 1.19 bits per heavy atom. The van der Waals surface area contributed by atoms with Gasteiger partial charge in [0.05, 0.1) is 11.9 Å². The molecule has 2 aliphatic rings. The highest BCUT2D eigenvalue weighted by Crippen LogP contribution is 2.29. The molecule has 3 rings (SSSR count). The van der Waals surface area contributed by atoms with Gasteiger partial charge in [-0.05, 0) is 37.3 Å². The highest BCUT2D eigenvalue weighted by molar-refractivity contribution is 6.06. The summed E-state index contributed by atoms with van der Waals surface area (Å²) in [5.74, 6) is 0.205. The molecule has 112 valence electrons. The van der Waals surface area contributed by atoms with Crippen molar-refractivity contribution >= 4 is 17.5 Å². The Balaban J connectivity index is 1.84. The average molecular weight is 287 g/mol. The summed E-state index contributed by atoms with van der Waals surface area (Å²) in [7, 11) is 0. The predicted octanol–water partition coefficient (Wildman–Crippen LogP) is 1.80. The van der Waals surface area contributed by atoms with E-state index in [-0.39, 0.29) is 30.3 Å². The lowest BCUT2D eigenvalue weighted by Gasteiger charge is -2.37. The van der Waals surface area contributed by atoms with Gasteiger partial charge in [-0.3, -0.25) is 19.5 Å². The highest BCUT2D eigenvalue weighted by Gasteiger charge is 2.38. The van der Waals surface area contributed by atoms with Crippen LogP contribution in [-0.4, -0.2) is 29.4 Å². The summed E-state index contributed by atoms with van der Waals surface area (Å²) in [6.45, 7) is 2.02. The van der Waals surface area contributed by atoms with Gasteiger partial charge in [0.1, 0.15) is 12.6 Å². The lowest BCUT2D eigenvalue weighted by molar-refractivity contribution is -0.132. The van der Waals surface area contributed by atoms with E-state index >= 15 is 0 Å². The normalized spacial score (nSPS) is 24.0. The van der Waals surface area contributed by atoms with E-state index in [4.69, 9.17) is 0 Å². The SMILES string of the molecule is Cc1cncc(N2CC(=O)NC(C3CCCCC3)C2=O)c1. The van der Waals surface area contributed by atoms with Crippen LogP contribution in [0, 0.1) is 12.8 Å². The van der Waals surface area contributed by atoms with Crippen LogP contribution < -0.4 is 10.2 Å². The van der Waals surface area contributed by atoms with Gasteiger partial charge in [-0.1, -0.05) is 19.3 Å². The Labute approximate surface area is 124 Å². The zero-order valence-corrected chi connectivity index (χ0v) is 12.3. The number of anilines is 1. The number of amides is 2. The third kappa shape index (κ3) is 2.91. The summed E-state index contributed by atoms with van der Waals surface area (Å²) < 4.78 is 0. The van der Waals surface area contributed by atoms with E-state index in [9.17, 15) is 9.59 Å². The van der Waals surface area contributed by atoms with E-state index < -0.39 is 0 Å². The molecule has 21 heavy (non-hydrogen) atoms. The Bertz CT molecular complexity index is 552. The first-order chi connectivity index (χ1) is 10.1. The third-order valence-corrected chi connectivity index (χ3v) is 4.44. The molecule has 1 aliphatic carbocycles. The maximum absolute atomic E-state index is 12.8. The van der Waals surface area contributed by atoms with Crippen LogP contribution in [-0.2, 0) is 9.59 Å². The topological polar surface area (TPSA) is 62.3 Å². The molecular weight excluding hydrogens is 266 g/mol. The molecule has 0 bridgehead atoms. The molecule has 0 spiro atoms. The maximum Gasteiger partial charge on any atom is 0.250 e. The van der Waals surface area contributed by atoms with Gasteiger partial charge in [0.25, 0.3) is 0 Å². The van der Waals surface area contributed by atoms with E-state index in [1.165, 1.54) is 6.42 Å². The second-order valence-corrected chi connectivity index (χ2v) is 6.09. The Morgan fingerprint density at radius 3 is 2.67 bits per heavy atom. The molecule has 1 aromatic heterocycles. The minimum absolute atomic E-state index is 0.00824. The molecule has 1 N–H and O–H groups in total. The minimum atomic E-state index is -0.368. The van der Waals surface area contributed by atoms with Crippen molar-refractivity contribution in [2.45, 2.75) is 45.1 Å². The first kappa shape index (κ1) is 14.0. The van der Waals surface area contributed by atoms with Gasteiger partial charge in [0, 0.05) is 6.20 Å². The first-order valence-corrected chi connectivity index (χ1v) is 7.67. The monoisotopic (exact) mass is 287 g/mol. The number of rotatable bonds is 2. The molecule has 5 nitrogen and oxygen atoms in total. The summed E-state index contributed by atoms with van der Waals surface area (Å²) in [4.78, 5) is 30.5. The third-order valence-electron chi connectivity index (χ3n) is 4.44. The van der Waals surface area contributed by atoms with Crippen LogP contribution in [0.1, 0.15) is 37.7 Å². The fourth-order valence-corrected chi connectivity index (χ4v) is 3.36. The smallest absolute Gasteiger partial charge is 0.250 e. The van der Waals surface area contributed by atoms with Gasteiger partial charge >= 0.3 is 0 Å². The second-order valence-electron chi connectivity index (χ2n) is 6.09. The van der Waals surface area contributed by atoms with Gasteiger partial charge in [-0.15, -0.1) is 0 Å². The van der Waals surface area contributed by atoms with Crippen LogP contribution in [0.25, 0.3) is 0 Å². The van der Waals surface area contributed by atoms with Crippen molar-refractivity contribution in [3.8, 4) is 0 Å². The molecular formula is C16H21N3O2. The quantitative estimate of drug-likeness (QED) is 0.902. The molecule has 1 saturated heterocycles. The van der Waals surface area contributed by atoms with Crippen molar-refractivity contribution in [2.75, 3.05) is 11.4 Å². The number of carbonyl (C=O) groups excluding carboxylic acids is 2. The fraction of sp³-hybridized carbons (Fsp3) is 0.562. The molecule has 2 amide bonds. The van der Waals surface area contributed by atoms with Crippen molar-refractivity contribution in [2.24, 2.45) is 5.92 Å². The predicted molar refractivity (Wildman–Crippen MR) is 79.8 cm³/mol. The first-order valence-electron chi connectivity index (χ1n) is 7.67. The van der Waals surface area contributed by atoms with Crippen LogP contribution in [0.4, 0.5) is 5.69 Å². The number of aryl methyl sites for hydroxylation is 1. The second kappa shape index (κ2) is 5.84. The van der Waals surface area contributed by atoms with Gasteiger partial charge < -0.3 is 5.32 Å². The van der Waals surface area contributed by atoms with Gasteiger partial charge in [-0.25, -0.2) is 0 Å². The minimum Gasteiger partial charge on any atom is -0.342 e. The molecule has 1 atom stereocenters. The zero-order chi connectivity index (χ0) is 14.8. The van der Waals surface area contributed by atoms with Gasteiger partial charge in [0.2, 0.25) is 11.8 Å². The molecule has 2 heterocycles. The van der Waals surface area contributed by atoms with Gasteiger partial charge in [-0.2, -0.15) is 0 Å². The molecule has 1 aromatic rings. The van der Waals surface area contributed by atoms with Crippen LogP contribution in [0.2, 0.25) is 0 Å². The Morgan fingerprint density at radius 2 is 1.95 bits per heavy atom. The number of pyridine rings is 1. The van der Waals surface area contributed by atoms with E-state index in [2.05, 4.69) is 10.3 Å². The molecule has 2 fully saturated rings. The maximum atomic E-state index is 12.8. The molecule has 0 aromatic carbocycles. The van der Waals surface area contributed by atoms with E-state index in [0.717, 1.165) is 36.9 Å². The summed E-state index contributed by atoms with van der Waals surface area (Å²) in [6, 6.07) is 1.54. The number of piperazine rings is 1. The molecule has 0 radical (unpaired) electrons. The van der Waals surface area contributed by atoms with Crippen LogP contribution >= 0.6 is 0 Å². The Hall–Kier alpha value is -1.91. The number of aromatic nitrogens is 1. The standard InChI is InChI=1S/C16H21N3O2/c1-11-7-13(9-17-8-11)19-10-14(20)18-15(16(19)21)12-5-3-2-4-6-12/h7-9,12,15H,2-6,10H2,1H3,(H,18,20). The highest BCUT2D eigenvalue weighted by atomic mass is 16.2. The van der Waals surface area contributed by atoms with Crippen molar-refractivity contribution in [1.82, 2.24) is 10.3 Å². The lowest BCUT2D eigenvalue weighted by atomic mass is 9.82.